The molecule has 0 saturated heterocycles. The molecule has 7 rings (SSSR count). The zero-order chi connectivity index (χ0) is 57.2. The summed E-state index contributed by atoms with van der Waals surface area (Å²) in [7, 11) is 2.74. The molecule has 4 aliphatic heterocycles. The number of nitrogens with one attached hydrogen (secondary N) is 3. The number of carbonyl (C=O) groups is 7. The van der Waals surface area contributed by atoms with E-state index in [9.17, 15) is 48.9 Å². The third-order valence-corrected chi connectivity index (χ3v) is 13.3. The van der Waals surface area contributed by atoms with Gasteiger partial charge < -0.3 is 69.5 Å². The van der Waals surface area contributed by atoms with E-state index >= 15 is 0 Å². The number of ether oxygens (including phenoxy) is 6. The summed E-state index contributed by atoms with van der Waals surface area (Å²) < 4.78 is 34.2. The van der Waals surface area contributed by atoms with Crippen LogP contribution in [0, 0.1) is 5.92 Å². The molecule has 2 unspecified atom stereocenters. The summed E-state index contributed by atoms with van der Waals surface area (Å²) in [5.74, 6) is -2.09. The number of aliphatic hydroxyl groups is 2. The molecule has 7 amide bonds. The van der Waals surface area contributed by atoms with E-state index in [2.05, 4.69) is 22.5 Å². The van der Waals surface area contributed by atoms with Crippen molar-refractivity contribution in [2.75, 3.05) is 49.2 Å². The Morgan fingerprint density at radius 3 is 1.72 bits per heavy atom. The van der Waals surface area contributed by atoms with Gasteiger partial charge in [-0.1, -0.05) is 62.9 Å². The second-order valence-electron chi connectivity index (χ2n) is 19.0. The second kappa shape index (κ2) is 25.5. The highest BCUT2D eigenvalue weighted by molar-refractivity contribution is 6.07. The average Bonchev–Trinajstić information content (AvgIpc) is 4.28. The monoisotopic (exact) mass is 1090 g/mol. The van der Waals surface area contributed by atoms with Gasteiger partial charge >= 0.3 is 18.3 Å². The fourth-order valence-corrected chi connectivity index (χ4v) is 9.39. The molecule has 3 aromatic carbocycles. The number of aliphatic hydroxyl groups excluding tert-OH is 2. The van der Waals surface area contributed by atoms with Crippen LogP contribution in [0.15, 0.2) is 109 Å². The van der Waals surface area contributed by atoms with Crippen LogP contribution in [0.3, 0.4) is 0 Å². The van der Waals surface area contributed by atoms with E-state index in [1.165, 1.54) is 61.3 Å². The predicted octanol–water partition coefficient (Wildman–Crippen LogP) is 6.57. The van der Waals surface area contributed by atoms with Gasteiger partial charge in [-0.2, -0.15) is 0 Å². The maximum absolute atomic E-state index is 14.3. The second-order valence-corrected chi connectivity index (χ2v) is 19.0. The van der Waals surface area contributed by atoms with Crippen LogP contribution in [0.1, 0.15) is 80.2 Å². The first-order valence-corrected chi connectivity index (χ1v) is 25.4. The quantitative estimate of drug-likeness (QED) is 0.0515. The van der Waals surface area contributed by atoms with Gasteiger partial charge in [0.2, 0.25) is 11.8 Å². The number of carbonyl (C=O) groups excluding carboxylic acids is 6. The number of methoxy groups -OCH3 is 2. The third-order valence-electron chi connectivity index (χ3n) is 13.3. The SMILES string of the molecule is C=CCOC(=O)N[C@H](C(=O)N[C@@H](C)C(=O)Nc1ccc(COC(=O)N2c3cc(OCCCOc4cc5c(cc4OC)C(=O)N4C=C(C=CC)CC4C(O)N5C(=O)O)c(OC)cc3C(=O)N3C=C(C=CC)C[C@H]3[C@@H]2O)cc1)C(C)C. The van der Waals surface area contributed by atoms with Gasteiger partial charge in [0, 0.05) is 36.6 Å². The summed E-state index contributed by atoms with van der Waals surface area (Å²) in [6.07, 6.45) is 5.88. The van der Waals surface area contributed by atoms with Gasteiger partial charge in [0.25, 0.3) is 11.8 Å². The number of rotatable bonds is 20. The van der Waals surface area contributed by atoms with Crippen molar-refractivity contribution < 1.29 is 77.3 Å². The average molecular weight is 1090 g/mol. The number of hydrogen-bond donors (Lipinski definition) is 6. The fourth-order valence-electron chi connectivity index (χ4n) is 9.39. The summed E-state index contributed by atoms with van der Waals surface area (Å²) in [5, 5.41) is 41.5. The zero-order valence-corrected chi connectivity index (χ0v) is 44.8. The van der Waals surface area contributed by atoms with Gasteiger partial charge in [-0.05, 0) is 80.5 Å². The molecule has 23 heteroatoms. The van der Waals surface area contributed by atoms with Crippen LogP contribution in [-0.2, 0) is 25.7 Å². The first kappa shape index (κ1) is 57.9. The van der Waals surface area contributed by atoms with E-state index in [1.54, 1.807) is 74.8 Å². The molecular weight excluding hydrogens is 1030 g/mol. The molecule has 0 saturated carbocycles. The lowest BCUT2D eigenvalue weighted by Crippen LogP contribution is -2.53. The molecule has 420 valence electrons. The number of anilines is 3. The molecule has 4 heterocycles. The number of hydrogen-bond acceptors (Lipinski definition) is 15. The Balaban J connectivity index is 1.04. The molecule has 23 nitrogen and oxygen atoms in total. The summed E-state index contributed by atoms with van der Waals surface area (Å²) in [6.45, 7) is 11.6. The molecule has 4 aliphatic rings. The first-order valence-electron chi connectivity index (χ1n) is 25.4. The van der Waals surface area contributed by atoms with E-state index < -0.39 is 78.5 Å². The summed E-state index contributed by atoms with van der Waals surface area (Å²) in [5.41, 5.74) is 2.18. The van der Waals surface area contributed by atoms with Gasteiger partial charge in [0.15, 0.2) is 35.5 Å². The Morgan fingerprint density at radius 2 is 1.24 bits per heavy atom. The van der Waals surface area contributed by atoms with Gasteiger partial charge in [0.1, 0.15) is 25.3 Å². The highest BCUT2D eigenvalue weighted by atomic mass is 16.6. The topological polar surface area (TPSA) is 285 Å². The summed E-state index contributed by atoms with van der Waals surface area (Å²) in [4.78, 5) is 97.8. The number of alkyl carbamates (subject to hydrolysis) is 1. The van der Waals surface area contributed by atoms with Crippen molar-refractivity contribution in [2.24, 2.45) is 5.92 Å². The molecule has 0 radical (unpaired) electrons. The minimum absolute atomic E-state index is 0.000495. The van der Waals surface area contributed by atoms with E-state index in [4.69, 9.17) is 28.4 Å². The Morgan fingerprint density at radius 1 is 0.722 bits per heavy atom. The maximum atomic E-state index is 14.3. The van der Waals surface area contributed by atoms with Crippen molar-refractivity contribution in [3.05, 3.63) is 126 Å². The number of benzene rings is 3. The van der Waals surface area contributed by atoms with E-state index in [0.29, 0.717) is 11.3 Å². The molecule has 0 fully saturated rings. The normalized spacial score (nSPS) is 19.2. The van der Waals surface area contributed by atoms with Crippen molar-refractivity contribution in [3.63, 3.8) is 0 Å². The molecule has 3 aromatic rings. The van der Waals surface area contributed by atoms with E-state index in [-0.39, 0.29) is 97.1 Å². The molecule has 79 heavy (non-hydrogen) atoms. The van der Waals surface area contributed by atoms with Crippen molar-refractivity contribution in [2.45, 2.75) is 97.1 Å². The van der Waals surface area contributed by atoms with Gasteiger partial charge in [-0.25, -0.2) is 24.2 Å². The van der Waals surface area contributed by atoms with Crippen LogP contribution < -0.4 is 44.7 Å². The minimum Gasteiger partial charge on any atom is -0.493 e. The lowest BCUT2D eigenvalue weighted by molar-refractivity contribution is -0.128. The molecular formula is C56H65N7O16. The molecule has 0 aliphatic carbocycles. The minimum atomic E-state index is -1.61. The molecule has 0 spiro atoms. The lowest BCUT2D eigenvalue weighted by atomic mass is 10.0. The van der Waals surface area contributed by atoms with Crippen molar-refractivity contribution >= 4 is 59.0 Å². The predicted molar refractivity (Wildman–Crippen MR) is 288 cm³/mol. The Labute approximate surface area is 456 Å². The van der Waals surface area contributed by atoms with E-state index in [0.717, 1.165) is 20.9 Å². The van der Waals surface area contributed by atoms with Crippen LogP contribution in [0.25, 0.3) is 0 Å². The molecule has 6 atom stereocenters. The van der Waals surface area contributed by atoms with Crippen LogP contribution in [0.2, 0.25) is 0 Å². The number of fused-ring (bicyclic) bond motifs is 4. The van der Waals surface area contributed by atoms with Crippen molar-refractivity contribution in [1.29, 1.82) is 0 Å². The van der Waals surface area contributed by atoms with Crippen molar-refractivity contribution in [1.82, 2.24) is 20.4 Å². The number of allylic oxidation sites excluding steroid dienone is 4. The molecule has 0 bridgehead atoms. The summed E-state index contributed by atoms with van der Waals surface area (Å²) >= 11 is 0. The van der Waals surface area contributed by atoms with Crippen LogP contribution in [0.4, 0.5) is 31.4 Å². The van der Waals surface area contributed by atoms with Crippen LogP contribution in [0.5, 0.6) is 23.0 Å². The molecule has 6 N–H and O–H groups in total. The lowest BCUT2D eigenvalue weighted by Gasteiger charge is -2.31. The Kier molecular flexibility index (Phi) is 18.7. The maximum Gasteiger partial charge on any atom is 0.416 e. The molecule has 0 aromatic heterocycles. The standard InChI is InChI=1S/C56H65N7O16/c1-9-13-34-22-41-52(68)62(55(71)72)39-26-45(43(74-7)24-37(39)50(66)60(41)28-34)76-20-12-21-77-46-27-40-38(25-44(46)75-8)51(67)61-29-35(14-10-2)23-42(61)53(69)63(40)56(73)79-30-33-15-17-36(18-16-33)58-48(64)32(6)57-49(65)47(31(4)5)59-54(70)78-19-11-3/h9-11,13-18,24-29,31-32,41-42,47,52-53,68-69H,3,12,19-23,30H2,1-2,4-8H3,(H,57,65)(H,58,64)(H,59,70)(H,71,72)/t32-,41?,42-,47-,52?,53-/m0/s1. The van der Waals surface area contributed by atoms with Crippen molar-refractivity contribution in [3.8, 4) is 23.0 Å². The van der Waals surface area contributed by atoms with E-state index in [1.807, 2.05) is 13.8 Å². The number of amides is 7. The largest absolute Gasteiger partial charge is 0.493 e. The highest BCUT2D eigenvalue weighted by Crippen LogP contribution is 2.44. The number of carboxylic acid groups (broad SMARTS) is 1. The van der Waals surface area contributed by atoms with Crippen LogP contribution >= 0.6 is 0 Å². The third kappa shape index (κ3) is 12.8. The number of nitrogens with zero attached hydrogens (tertiary/aromatic N) is 4. The Bertz CT molecular complexity index is 2970. The fraction of sp³-hybridized carbons (Fsp3) is 0.375. The summed E-state index contributed by atoms with van der Waals surface area (Å²) in [6, 6.07) is 8.06. The zero-order valence-electron chi connectivity index (χ0n) is 44.8. The smallest absolute Gasteiger partial charge is 0.416 e. The first-order chi connectivity index (χ1) is 37.8. The van der Waals surface area contributed by atoms with Crippen LogP contribution in [-0.4, -0.2) is 138 Å². The van der Waals surface area contributed by atoms with Gasteiger partial charge in [-0.3, -0.25) is 19.2 Å². The highest BCUT2D eigenvalue weighted by Gasteiger charge is 2.47. The van der Waals surface area contributed by atoms with Gasteiger partial charge in [-0.15, -0.1) is 0 Å². The Hall–Kier alpha value is -8.83. The van der Waals surface area contributed by atoms with Gasteiger partial charge in [0.05, 0.1) is 62.0 Å².